The molecule has 0 radical (unpaired) electrons. The summed E-state index contributed by atoms with van der Waals surface area (Å²) in [6.07, 6.45) is 1.02. The Hall–Kier alpha value is -0.770. The number of nitrogens with one attached hydrogen (secondary N) is 1. The van der Waals surface area contributed by atoms with Crippen molar-refractivity contribution in [1.82, 2.24) is 9.97 Å². The minimum absolute atomic E-state index is 0.374. The van der Waals surface area contributed by atoms with Gasteiger partial charge in [0.2, 0.25) is 0 Å². The summed E-state index contributed by atoms with van der Waals surface area (Å²) in [6, 6.07) is 1.41. The maximum absolute atomic E-state index is 10.3. The lowest BCUT2D eigenvalue weighted by atomic mass is 10.1. The quantitative estimate of drug-likeness (QED) is 0.526. The SMILES string of the molecule is CC(N)C(O)c1sc2c(NCc3nccs3)cc(Cl)nc2c1Br. The third-order valence-corrected chi connectivity index (χ3v) is 6.58. The van der Waals surface area contributed by atoms with Gasteiger partial charge in [0.25, 0.3) is 0 Å². The van der Waals surface area contributed by atoms with Crippen molar-refractivity contribution in [3.8, 4) is 0 Å². The largest absolute Gasteiger partial charge is 0.386 e. The number of aromatic nitrogens is 2. The van der Waals surface area contributed by atoms with Gasteiger partial charge in [-0.3, -0.25) is 0 Å². The summed E-state index contributed by atoms with van der Waals surface area (Å²) < 4.78 is 1.66. The van der Waals surface area contributed by atoms with Crippen LogP contribution in [0.4, 0.5) is 5.69 Å². The molecule has 2 unspecified atom stereocenters. The van der Waals surface area contributed by atoms with Gasteiger partial charge in [0.05, 0.1) is 31.8 Å². The normalized spacial score (nSPS) is 14.1. The number of hydrogen-bond donors (Lipinski definition) is 3. The predicted octanol–water partition coefficient (Wildman–Crippen LogP) is 4.16. The number of pyridine rings is 1. The second-order valence-electron chi connectivity index (χ2n) is 5.03. The van der Waals surface area contributed by atoms with Crippen LogP contribution in [0.3, 0.4) is 0 Å². The Balaban J connectivity index is 2.02. The molecule has 3 heterocycles. The molecule has 23 heavy (non-hydrogen) atoms. The standard InChI is InChI=1S/C14H14BrClN4OS2/c1-6(17)12(21)14-10(15)11-13(23-14)7(4-8(16)20-11)19-5-9-18-2-3-22-9/h2-4,6,12,21H,5,17H2,1H3,(H,19,20). The first kappa shape index (κ1) is 17.1. The third-order valence-electron chi connectivity index (χ3n) is 3.26. The lowest BCUT2D eigenvalue weighted by Crippen LogP contribution is -2.23. The number of anilines is 1. The van der Waals surface area contributed by atoms with Gasteiger partial charge in [-0.1, -0.05) is 11.6 Å². The van der Waals surface area contributed by atoms with Crippen LogP contribution in [-0.4, -0.2) is 21.1 Å². The smallest absolute Gasteiger partial charge is 0.131 e. The van der Waals surface area contributed by atoms with Gasteiger partial charge in [0.15, 0.2) is 0 Å². The molecule has 0 aliphatic heterocycles. The number of thiazole rings is 1. The molecule has 0 fully saturated rings. The fourth-order valence-electron chi connectivity index (χ4n) is 2.10. The van der Waals surface area contributed by atoms with Gasteiger partial charge >= 0.3 is 0 Å². The summed E-state index contributed by atoms with van der Waals surface area (Å²) in [5, 5.41) is 16.9. The van der Waals surface area contributed by atoms with Gasteiger partial charge in [-0.15, -0.1) is 22.7 Å². The van der Waals surface area contributed by atoms with Crippen molar-refractivity contribution in [1.29, 1.82) is 0 Å². The highest BCUT2D eigenvalue weighted by molar-refractivity contribution is 9.10. The van der Waals surface area contributed by atoms with Crippen molar-refractivity contribution in [2.45, 2.75) is 25.6 Å². The van der Waals surface area contributed by atoms with Crippen LogP contribution in [0, 0.1) is 0 Å². The molecule has 0 spiro atoms. The Morgan fingerprint density at radius 1 is 1.52 bits per heavy atom. The molecule has 0 aromatic carbocycles. The molecular weight excluding hydrogens is 420 g/mol. The number of fused-ring (bicyclic) bond motifs is 1. The van der Waals surface area contributed by atoms with Crippen LogP contribution in [0.1, 0.15) is 22.9 Å². The van der Waals surface area contributed by atoms with Crippen LogP contribution < -0.4 is 11.1 Å². The minimum atomic E-state index is -0.755. The monoisotopic (exact) mass is 432 g/mol. The van der Waals surface area contributed by atoms with Crippen molar-refractivity contribution in [3.63, 3.8) is 0 Å². The zero-order valence-electron chi connectivity index (χ0n) is 12.1. The van der Waals surface area contributed by atoms with Crippen LogP contribution in [-0.2, 0) is 6.54 Å². The summed E-state index contributed by atoms with van der Waals surface area (Å²) in [5.41, 5.74) is 7.40. The molecular formula is C14H14BrClN4OS2. The molecule has 122 valence electrons. The van der Waals surface area contributed by atoms with E-state index < -0.39 is 6.10 Å². The van der Waals surface area contributed by atoms with Gasteiger partial charge in [-0.25, -0.2) is 9.97 Å². The van der Waals surface area contributed by atoms with Crippen LogP contribution in [0.15, 0.2) is 22.1 Å². The molecule has 0 aliphatic rings. The van der Waals surface area contributed by atoms with E-state index in [2.05, 4.69) is 31.2 Å². The molecule has 3 rings (SSSR count). The molecule has 0 saturated heterocycles. The van der Waals surface area contributed by atoms with Crippen molar-refractivity contribution in [2.75, 3.05) is 5.32 Å². The Morgan fingerprint density at radius 3 is 2.96 bits per heavy atom. The Kier molecular flexibility index (Phi) is 5.19. The second kappa shape index (κ2) is 7.00. The molecule has 0 bridgehead atoms. The molecule has 0 aliphatic carbocycles. The zero-order chi connectivity index (χ0) is 16.6. The average molecular weight is 434 g/mol. The van der Waals surface area contributed by atoms with Gasteiger partial charge < -0.3 is 16.2 Å². The van der Waals surface area contributed by atoms with Gasteiger partial charge in [0.1, 0.15) is 16.3 Å². The number of halogens is 2. The second-order valence-corrected chi connectivity index (χ2v) is 8.25. The summed E-state index contributed by atoms with van der Waals surface area (Å²) in [6.45, 7) is 2.37. The predicted molar refractivity (Wildman–Crippen MR) is 100 cm³/mol. The first-order valence-electron chi connectivity index (χ1n) is 6.81. The fraction of sp³-hybridized carbons (Fsp3) is 0.286. The highest BCUT2D eigenvalue weighted by Crippen LogP contribution is 2.43. The number of rotatable bonds is 5. The van der Waals surface area contributed by atoms with Crippen molar-refractivity contribution in [3.05, 3.63) is 37.2 Å². The molecule has 3 aromatic heterocycles. The van der Waals surface area contributed by atoms with Gasteiger partial charge in [0, 0.05) is 23.7 Å². The number of hydrogen-bond acceptors (Lipinski definition) is 7. The Labute approximate surface area is 154 Å². The van der Waals surface area contributed by atoms with E-state index in [0.29, 0.717) is 11.7 Å². The van der Waals surface area contributed by atoms with Crippen LogP contribution in [0.5, 0.6) is 0 Å². The first-order chi connectivity index (χ1) is 11.0. The van der Waals surface area contributed by atoms with E-state index in [1.807, 2.05) is 5.38 Å². The van der Waals surface area contributed by atoms with E-state index in [0.717, 1.165) is 30.3 Å². The minimum Gasteiger partial charge on any atom is -0.386 e. The third kappa shape index (κ3) is 3.52. The summed E-state index contributed by atoms with van der Waals surface area (Å²) in [5.74, 6) is 0. The first-order valence-corrected chi connectivity index (χ1v) is 9.68. The van der Waals surface area contributed by atoms with Crippen LogP contribution in [0.25, 0.3) is 10.2 Å². The molecule has 3 aromatic rings. The van der Waals surface area contributed by atoms with Crippen molar-refractivity contribution >= 4 is 66.1 Å². The molecule has 5 nitrogen and oxygen atoms in total. The van der Waals surface area contributed by atoms with E-state index >= 15 is 0 Å². The van der Waals surface area contributed by atoms with Gasteiger partial charge in [-0.05, 0) is 22.9 Å². The summed E-state index contributed by atoms with van der Waals surface area (Å²) in [4.78, 5) is 9.37. The number of aliphatic hydroxyl groups is 1. The fourth-order valence-corrected chi connectivity index (χ4v) is 4.97. The molecule has 0 amide bonds. The lowest BCUT2D eigenvalue weighted by Gasteiger charge is -2.12. The molecule has 4 N–H and O–H groups in total. The van der Waals surface area contributed by atoms with E-state index in [-0.39, 0.29) is 6.04 Å². The molecule has 0 saturated carbocycles. The van der Waals surface area contributed by atoms with E-state index in [9.17, 15) is 5.11 Å². The Morgan fingerprint density at radius 2 is 2.30 bits per heavy atom. The average Bonchev–Trinajstić information content (AvgIpc) is 3.13. The number of thiophene rings is 1. The highest BCUT2D eigenvalue weighted by atomic mass is 79.9. The highest BCUT2D eigenvalue weighted by Gasteiger charge is 2.23. The van der Waals surface area contributed by atoms with Crippen LogP contribution in [0.2, 0.25) is 5.15 Å². The number of aliphatic hydroxyl groups excluding tert-OH is 1. The van der Waals surface area contributed by atoms with Crippen molar-refractivity contribution in [2.24, 2.45) is 5.73 Å². The number of nitrogens with two attached hydrogens (primary N) is 1. The molecule has 9 heteroatoms. The maximum atomic E-state index is 10.3. The summed E-state index contributed by atoms with van der Waals surface area (Å²) in [7, 11) is 0. The van der Waals surface area contributed by atoms with Crippen LogP contribution >= 0.6 is 50.2 Å². The van der Waals surface area contributed by atoms with E-state index in [1.54, 1.807) is 30.5 Å². The van der Waals surface area contributed by atoms with E-state index in [4.69, 9.17) is 17.3 Å². The molecule has 2 atom stereocenters. The Bertz CT molecular complexity index is 822. The topological polar surface area (TPSA) is 84.1 Å². The summed E-state index contributed by atoms with van der Waals surface area (Å²) >= 11 is 12.7. The number of nitrogens with zero attached hydrogens (tertiary/aromatic N) is 2. The van der Waals surface area contributed by atoms with E-state index in [1.165, 1.54) is 11.3 Å². The van der Waals surface area contributed by atoms with Crippen molar-refractivity contribution < 1.29 is 5.11 Å². The zero-order valence-corrected chi connectivity index (χ0v) is 16.1. The van der Waals surface area contributed by atoms with Gasteiger partial charge in [-0.2, -0.15) is 0 Å². The maximum Gasteiger partial charge on any atom is 0.131 e. The lowest BCUT2D eigenvalue weighted by molar-refractivity contribution is 0.156.